The van der Waals surface area contributed by atoms with Gasteiger partial charge in [0.15, 0.2) is 0 Å². The first-order valence-corrected chi connectivity index (χ1v) is 9.59. The summed E-state index contributed by atoms with van der Waals surface area (Å²) in [4.78, 5) is 0. The van der Waals surface area contributed by atoms with Crippen LogP contribution in [0.1, 0.15) is 5.69 Å². The van der Waals surface area contributed by atoms with Gasteiger partial charge in [0.1, 0.15) is 4.20 Å². The lowest BCUT2D eigenvalue weighted by atomic mass is 10.0. The highest BCUT2D eigenvalue weighted by molar-refractivity contribution is 8.11. The number of benzene rings is 3. The third-order valence-corrected chi connectivity index (χ3v) is 4.91. The van der Waals surface area contributed by atoms with Crippen molar-refractivity contribution in [3.8, 4) is 28.1 Å². The minimum absolute atomic E-state index is 0.564. The van der Waals surface area contributed by atoms with Crippen molar-refractivity contribution in [2.45, 2.75) is 0 Å². The van der Waals surface area contributed by atoms with Crippen molar-refractivity contribution in [3.63, 3.8) is 0 Å². The third-order valence-electron chi connectivity index (χ3n) is 4.48. The van der Waals surface area contributed by atoms with Gasteiger partial charge in [0, 0.05) is 29.8 Å². The van der Waals surface area contributed by atoms with E-state index in [-0.39, 0.29) is 0 Å². The maximum absolute atomic E-state index is 5.51. The molecule has 0 atom stereocenters. The highest BCUT2D eigenvalue weighted by Crippen LogP contribution is 2.27. The highest BCUT2D eigenvalue weighted by Gasteiger charge is 2.24. The summed E-state index contributed by atoms with van der Waals surface area (Å²) in [5.74, 6) is 0. The van der Waals surface area contributed by atoms with E-state index in [1.165, 1.54) is 0 Å². The summed E-state index contributed by atoms with van der Waals surface area (Å²) in [6.07, 6.45) is 0. The van der Waals surface area contributed by atoms with Crippen LogP contribution in [0.25, 0.3) is 28.1 Å². The van der Waals surface area contributed by atoms with E-state index in [2.05, 4.69) is 90.0 Å². The molecule has 0 aliphatic carbocycles. The zero-order chi connectivity index (χ0) is 18.6. The molecule has 1 heterocycles. The topological polar surface area (TPSA) is 3.88 Å². The van der Waals surface area contributed by atoms with Crippen molar-refractivity contribution < 1.29 is 4.57 Å². The van der Waals surface area contributed by atoms with Crippen LogP contribution in [0.2, 0.25) is 0 Å². The number of thiol groups is 1. The molecule has 0 aliphatic heterocycles. The van der Waals surface area contributed by atoms with Crippen molar-refractivity contribution in [1.29, 1.82) is 0 Å². The summed E-state index contributed by atoms with van der Waals surface area (Å²) >= 11 is 10.0. The molecule has 0 spiro atoms. The standard InChI is InChI=1S/C24H17NS2/c26-24(27)23-17-20(18-10-4-1-5-11-18)16-22(19-12-6-2-7-13-19)25(23)21-14-8-3-9-15-21/h1-17H/p+1. The van der Waals surface area contributed by atoms with E-state index in [9.17, 15) is 0 Å². The molecule has 0 bridgehead atoms. The maximum atomic E-state index is 5.51. The SMILES string of the molecule is S=C(S)c1cc(-c2ccccc2)cc(-c2ccccc2)[n+]1-c1ccccc1. The molecule has 1 nitrogen and oxygen atoms in total. The largest absolute Gasteiger partial charge is 0.236 e. The zero-order valence-corrected chi connectivity index (χ0v) is 16.3. The third kappa shape index (κ3) is 3.70. The smallest absolute Gasteiger partial charge is 0.151 e. The van der Waals surface area contributed by atoms with Gasteiger partial charge < -0.3 is 0 Å². The van der Waals surface area contributed by atoms with Gasteiger partial charge in [-0.05, 0) is 23.3 Å². The zero-order valence-electron chi connectivity index (χ0n) is 14.6. The van der Waals surface area contributed by atoms with E-state index in [0.717, 1.165) is 33.8 Å². The average Bonchev–Trinajstić information content (AvgIpc) is 2.74. The Morgan fingerprint density at radius 2 is 1.15 bits per heavy atom. The van der Waals surface area contributed by atoms with Gasteiger partial charge in [-0.15, -0.1) is 12.6 Å². The fraction of sp³-hybridized carbons (Fsp3) is 0. The van der Waals surface area contributed by atoms with Gasteiger partial charge >= 0.3 is 0 Å². The molecule has 0 radical (unpaired) electrons. The van der Waals surface area contributed by atoms with Crippen molar-refractivity contribution in [3.05, 3.63) is 109 Å². The number of aromatic nitrogens is 1. The van der Waals surface area contributed by atoms with Gasteiger partial charge in [-0.2, -0.15) is 4.57 Å². The lowest BCUT2D eigenvalue weighted by Crippen LogP contribution is -2.39. The fourth-order valence-corrected chi connectivity index (χ4v) is 3.54. The molecular weight excluding hydrogens is 366 g/mol. The normalized spacial score (nSPS) is 10.6. The molecular formula is C24H18NS2+. The lowest BCUT2D eigenvalue weighted by molar-refractivity contribution is -0.584. The van der Waals surface area contributed by atoms with E-state index < -0.39 is 0 Å². The van der Waals surface area contributed by atoms with Gasteiger partial charge in [-0.25, -0.2) is 0 Å². The Kier molecular flexibility index (Phi) is 5.14. The number of hydrogen-bond acceptors (Lipinski definition) is 1. The molecule has 0 saturated heterocycles. The van der Waals surface area contributed by atoms with E-state index in [1.54, 1.807) is 0 Å². The first-order valence-electron chi connectivity index (χ1n) is 8.74. The van der Waals surface area contributed by atoms with E-state index in [0.29, 0.717) is 4.20 Å². The first kappa shape index (κ1) is 17.7. The molecule has 0 aliphatic rings. The molecule has 0 amide bonds. The van der Waals surface area contributed by atoms with Crippen LogP contribution in [0.15, 0.2) is 103 Å². The van der Waals surface area contributed by atoms with Gasteiger partial charge in [-0.1, -0.05) is 78.9 Å². The number of pyridine rings is 1. The van der Waals surface area contributed by atoms with Gasteiger partial charge in [0.25, 0.3) is 0 Å². The summed E-state index contributed by atoms with van der Waals surface area (Å²) in [5, 5.41) is 0. The molecule has 130 valence electrons. The van der Waals surface area contributed by atoms with Crippen LogP contribution in [0.4, 0.5) is 0 Å². The second-order valence-electron chi connectivity index (χ2n) is 6.22. The van der Waals surface area contributed by atoms with E-state index >= 15 is 0 Å². The molecule has 3 aromatic carbocycles. The fourth-order valence-electron chi connectivity index (χ4n) is 3.23. The Labute approximate surface area is 170 Å². The summed E-state index contributed by atoms with van der Waals surface area (Å²) in [5.41, 5.74) is 6.44. The Hall–Kier alpha value is -2.75. The van der Waals surface area contributed by atoms with Crippen LogP contribution < -0.4 is 4.57 Å². The van der Waals surface area contributed by atoms with E-state index in [4.69, 9.17) is 12.2 Å². The number of para-hydroxylation sites is 1. The van der Waals surface area contributed by atoms with Gasteiger partial charge in [0.2, 0.25) is 17.1 Å². The van der Waals surface area contributed by atoms with Crippen LogP contribution in [0.5, 0.6) is 0 Å². The Bertz CT molecular complexity index is 1080. The molecule has 4 rings (SSSR count). The maximum Gasteiger partial charge on any atom is 0.236 e. The number of hydrogen-bond donors (Lipinski definition) is 1. The summed E-state index contributed by atoms with van der Waals surface area (Å²) in [6.45, 7) is 0. The molecule has 3 heteroatoms. The molecule has 4 aromatic rings. The minimum Gasteiger partial charge on any atom is -0.151 e. The second-order valence-corrected chi connectivity index (χ2v) is 7.38. The molecule has 1 aromatic heterocycles. The molecule has 0 fully saturated rings. The summed E-state index contributed by atoms with van der Waals surface area (Å²) < 4.78 is 2.74. The molecule has 0 saturated carbocycles. The summed E-state index contributed by atoms with van der Waals surface area (Å²) in [6, 6.07) is 35.3. The van der Waals surface area contributed by atoms with Crippen molar-refractivity contribution in [2.24, 2.45) is 0 Å². The number of rotatable bonds is 4. The van der Waals surface area contributed by atoms with Crippen molar-refractivity contribution >= 4 is 29.0 Å². The predicted molar refractivity (Wildman–Crippen MR) is 120 cm³/mol. The second kappa shape index (κ2) is 7.87. The number of thiocarbonyl (C=S) groups is 1. The average molecular weight is 385 g/mol. The quantitative estimate of drug-likeness (QED) is 0.260. The Morgan fingerprint density at radius 1 is 0.630 bits per heavy atom. The highest BCUT2D eigenvalue weighted by atomic mass is 32.1. The molecule has 0 N–H and O–H groups in total. The van der Waals surface area contributed by atoms with Gasteiger partial charge in [-0.3, -0.25) is 0 Å². The first-order chi connectivity index (χ1) is 13.2. The Morgan fingerprint density at radius 3 is 1.70 bits per heavy atom. The number of nitrogens with zero attached hydrogens (tertiary/aromatic N) is 1. The summed E-state index contributed by atoms with van der Waals surface area (Å²) in [7, 11) is 0. The van der Waals surface area contributed by atoms with Crippen LogP contribution in [0, 0.1) is 0 Å². The van der Waals surface area contributed by atoms with Crippen molar-refractivity contribution in [1.82, 2.24) is 0 Å². The van der Waals surface area contributed by atoms with Crippen LogP contribution in [-0.4, -0.2) is 4.20 Å². The predicted octanol–water partition coefficient (Wildman–Crippen LogP) is 5.90. The van der Waals surface area contributed by atoms with Crippen LogP contribution in [0.3, 0.4) is 0 Å². The lowest BCUT2D eigenvalue weighted by Gasteiger charge is -2.11. The molecule has 27 heavy (non-hydrogen) atoms. The van der Waals surface area contributed by atoms with Crippen LogP contribution >= 0.6 is 24.8 Å². The monoisotopic (exact) mass is 384 g/mol. The molecule has 0 unspecified atom stereocenters. The van der Waals surface area contributed by atoms with Gasteiger partial charge in [0.05, 0.1) is 0 Å². The van der Waals surface area contributed by atoms with Crippen LogP contribution in [-0.2, 0) is 0 Å². The van der Waals surface area contributed by atoms with E-state index in [1.807, 2.05) is 30.3 Å². The van der Waals surface area contributed by atoms with Crippen molar-refractivity contribution in [2.75, 3.05) is 0 Å². The minimum atomic E-state index is 0.564. The Balaban J connectivity index is 2.06.